The highest BCUT2D eigenvalue weighted by atomic mass is 32.1. The van der Waals surface area contributed by atoms with Gasteiger partial charge in [0, 0.05) is 0 Å². The third kappa shape index (κ3) is 2.88. The highest BCUT2D eigenvalue weighted by molar-refractivity contribution is 7.71. The number of para-hydroxylation sites is 1. The van der Waals surface area contributed by atoms with Gasteiger partial charge in [-0.3, -0.25) is 29.8 Å². The number of benzene rings is 1. The topological polar surface area (TPSA) is 128 Å². The molecule has 0 unspecified atom stereocenters. The summed E-state index contributed by atoms with van der Waals surface area (Å²) in [7, 11) is 0. The number of fused-ring (bicyclic) bond motifs is 1. The van der Waals surface area contributed by atoms with Crippen LogP contribution in [0.3, 0.4) is 0 Å². The SMILES string of the molecule is CC(C)(C(=O)Nn1c(=S)[nH]c2ccccc2c1=O)n1cc([N+](=O)[O-])cn1. The Morgan fingerprint density at radius 3 is 2.73 bits per heavy atom. The van der Waals surface area contributed by atoms with Gasteiger partial charge in [-0.2, -0.15) is 9.77 Å². The summed E-state index contributed by atoms with van der Waals surface area (Å²) < 4.78 is 2.10. The molecule has 0 spiro atoms. The lowest BCUT2D eigenvalue weighted by molar-refractivity contribution is -0.385. The number of nitro groups is 1. The maximum Gasteiger partial charge on any atom is 0.307 e. The lowest BCUT2D eigenvalue weighted by Crippen LogP contribution is -2.46. The lowest BCUT2D eigenvalue weighted by atomic mass is 10.1. The van der Waals surface area contributed by atoms with Crippen molar-refractivity contribution in [3.05, 3.63) is 61.9 Å². The maximum atomic E-state index is 12.7. The van der Waals surface area contributed by atoms with E-state index in [1.54, 1.807) is 24.3 Å². The van der Waals surface area contributed by atoms with E-state index < -0.39 is 21.9 Å². The molecule has 0 bridgehead atoms. The Bertz CT molecular complexity index is 1140. The molecule has 0 aliphatic heterocycles. The average molecular weight is 374 g/mol. The molecule has 1 aromatic carbocycles. The molecule has 10 nitrogen and oxygen atoms in total. The summed E-state index contributed by atoms with van der Waals surface area (Å²) in [6.07, 6.45) is 2.19. The minimum atomic E-state index is -1.30. The first-order chi connectivity index (χ1) is 12.2. The molecule has 1 amide bonds. The van der Waals surface area contributed by atoms with Crippen LogP contribution in [0.2, 0.25) is 0 Å². The molecule has 0 saturated heterocycles. The van der Waals surface area contributed by atoms with E-state index in [0.29, 0.717) is 10.9 Å². The van der Waals surface area contributed by atoms with Crippen LogP contribution in [0.15, 0.2) is 41.5 Å². The van der Waals surface area contributed by atoms with Crippen LogP contribution in [0.4, 0.5) is 5.69 Å². The summed E-state index contributed by atoms with van der Waals surface area (Å²) in [5.74, 6) is -0.618. The monoisotopic (exact) mass is 374 g/mol. The molecular weight excluding hydrogens is 360 g/mol. The van der Waals surface area contributed by atoms with Crippen LogP contribution in [0.1, 0.15) is 13.8 Å². The molecule has 0 fully saturated rings. The molecule has 0 saturated carbocycles. The van der Waals surface area contributed by atoms with Crippen LogP contribution in [0.25, 0.3) is 10.9 Å². The van der Waals surface area contributed by atoms with Gasteiger partial charge in [-0.15, -0.1) is 0 Å². The van der Waals surface area contributed by atoms with E-state index in [0.717, 1.165) is 21.8 Å². The number of nitrogens with zero attached hydrogens (tertiary/aromatic N) is 4. The molecule has 0 aliphatic rings. The van der Waals surface area contributed by atoms with Crippen LogP contribution in [0, 0.1) is 14.9 Å². The lowest BCUT2D eigenvalue weighted by Gasteiger charge is -2.24. The predicted octanol–water partition coefficient (Wildman–Crippen LogP) is 1.67. The number of carbonyl (C=O) groups is 1. The summed E-state index contributed by atoms with van der Waals surface area (Å²) in [5, 5.41) is 15.0. The Labute approximate surface area is 151 Å². The molecule has 2 heterocycles. The van der Waals surface area contributed by atoms with Gasteiger partial charge >= 0.3 is 5.69 Å². The number of hydrogen-bond donors (Lipinski definition) is 2. The van der Waals surface area contributed by atoms with Crippen molar-refractivity contribution in [1.29, 1.82) is 0 Å². The number of carbonyl (C=O) groups excluding carboxylic acids is 1. The van der Waals surface area contributed by atoms with Crippen molar-refractivity contribution in [2.75, 3.05) is 5.43 Å². The van der Waals surface area contributed by atoms with Crippen LogP contribution < -0.4 is 11.0 Å². The highest BCUT2D eigenvalue weighted by Crippen LogP contribution is 2.19. The zero-order chi connectivity index (χ0) is 19.1. The van der Waals surface area contributed by atoms with E-state index >= 15 is 0 Å². The second kappa shape index (κ2) is 6.19. The number of H-pyrrole nitrogens is 1. The molecule has 3 aromatic rings. The van der Waals surface area contributed by atoms with Gasteiger partial charge in [0.05, 0.1) is 15.8 Å². The van der Waals surface area contributed by atoms with Crippen LogP contribution >= 0.6 is 12.2 Å². The van der Waals surface area contributed by atoms with Crippen molar-refractivity contribution < 1.29 is 9.72 Å². The Balaban J connectivity index is 1.99. The largest absolute Gasteiger partial charge is 0.330 e. The van der Waals surface area contributed by atoms with Crippen LogP contribution in [-0.2, 0) is 10.3 Å². The minimum Gasteiger partial charge on any atom is -0.330 e. The van der Waals surface area contributed by atoms with Gasteiger partial charge in [0.2, 0.25) is 0 Å². The molecule has 26 heavy (non-hydrogen) atoms. The number of amides is 1. The Morgan fingerprint density at radius 2 is 2.08 bits per heavy atom. The molecule has 2 aromatic heterocycles. The van der Waals surface area contributed by atoms with E-state index in [4.69, 9.17) is 12.2 Å². The maximum absolute atomic E-state index is 12.7. The molecule has 0 atom stereocenters. The van der Waals surface area contributed by atoms with E-state index in [-0.39, 0.29) is 10.5 Å². The van der Waals surface area contributed by atoms with Crippen molar-refractivity contribution in [2.24, 2.45) is 0 Å². The standard InChI is InChI=1S/C15H14N6O4S/c1-15(2,19-8-9(7-16-19)21(24)25)13(23)18-20-12(22)10-5-3-4-6-11(10)17-14(20)26/h3-8H,1-2H3,(H,17,26)(H,18,23). The summed E-state index contributed by atoms with van der Waals surface area (Å²) in [5.41, 5.74) is 0.963. The fourth-order valence-corrected chi connectivity index (χ4v) is 2.56. The first-order valence-electron chi connectivity index (χ1n) is 7.47. The summed E-state index contributed by atoms with van der Waals surface area (Å²) in [4.78, 5) is 38.3. The van der Waals surface area contributed by atoms with E-state index in [1.165, 1.54) is 13.8 Å². The summed E-state index contributed by atoms with van der Waals surface area (Å²) in [6, 6.07) is 6.75. The predicted molar refractivity (Wildman–Crippen MR) is 96.0 cm³/mol. The van der Waals surface area contributed by atoms with Crippen molar-refractivity contribution >= 4 is 34.7 Å². The van der Waals surface area contributed by atoms with Crippen molar-refractivity contribution in [3.8, 4) is 0 Å². The second-order valence-corrected chi connectivity index (χ2v) is 6.40. The number of aromatic nitrogens is 4. The number of rotatable bonds is 4. The van der Waals surface area contributed by atoms with Gasteiger partial charge in [-0.1, -0.05) is 12.1 Å². The van der Waals surface area contributed by atoms with E-state index in [1.807, 2.05) is 0 Å². The quantitative estimate of drug-likeness (QED) is 0.406. The van der Waals surface area contributed by atoms with E-state index in [2.05, 4.69) is 15.5 Å². The van der Waals surface area contributed by atoms with E-state index in [9.17, 15) is 19.7 Å². The normalized spacial score (nSPS) is 11.5. The van der Waals surface area contributed by atoms with Gasteiger partial charge in [0.25, 0.3) is 11.5 Å². The van der Waals surface area contributed by atoms with Gasteiger partial charge in [0.15, 0.2) is 4.77 Å². The zero-order valence-electron chi connectivity index (χ0n) is 13.8. The smallest absolute Gasteiger partial charge is 0.307 e. The number of nitrogens with one attached hydrogen (secondary N) is 2. The summed E-state index contributed by atoms with van der Waals surface area (Å²) >= 11 is 5.14. The number of hydrogen-bond acceptors (Lipinski definition) is 6. The van der Waals surface area contributed by atoms with Gasteiger partial charge in [0.1, 0.15) is 17.9 Å². The molecular formula is C15H14N6O4S. The molecule has 0 radical (unpaired) electrons. The van der Waals surface area contributed by atoms with Gasteiger partial charge in [-0.25, -0.2) is 0 Å². The van der Waals surface area contributed by atoms with Gasteiger partial charge < -0.3 is 4.98 Å². The highest BCUT2D eigenvalue weighted by Gasteiger charge is 2.32. The number of aromatic amines is 1. The Kier molecular flexibility index (Phi) is 4.16. The fourth-order valence-electron chi connectivity index (χ4n) is 2.32. The van der Waals surface area contributed by atoms with Crippen molar-refractivity contribution in [2.45, 2.75) is 19.4 Å². The molecule has 2 N–H and O–H groups in total. The van der Waals surface area contributed by atoms with Gasteiger partial charge in [-0.05, 0) is 38.2 Å². The molecule has 11 heteroatoms. The minimum absolute atomic E-state index is 0.0179. The summed E-state index contributed by atoms with van der Waals surface area (Å²) in [6.45, 7) is 3.02. The van der Waals surface area contributed by atoms with Crippen molar-refractivity contribution in [3.63, 3.8) is 0 Å². The Hall–Kier alpha value is -3.34. The molecule has 134 valence electrons. The molecule has 3 rings (SSSR count). The fraction of sp³-hybridized carbons (Fsp3) is 0.200. The molecule has 0 aliphatic carbocycles. The first kappa shape index (κ1) is 17.5. The van der Waals surface area contributed by atoms with Crippen LogP contribution in [0.5, 0.6) is 0 Å². The third-order valence-corrected chi connectivity index (χ3v) is 4.21. The second-order valence-electron chi connectivity index (χ2n) is 6.02. The first-order valence-corrected chi connectivity index (χ1v) is 7.87. The Morgan fingerprint density at radius 1 is 1.38 bits per heavy atom. The zero-order valence-corrected chi connectivity index (χ0v) is 14.6. The van der Waals surface area contributed by atoms with Crippen molar-refractivity contribution in [1.82, 2.24) is 19.4 Å². The average Bonchev–Trinajstić information content (AvgIpc) is 3.09. The third-order valence-electron chi connectivity index (χ3n) is 3.93. The van der Waals surface area contributed by atoms with Crippen LogP contribution in [-0.4, -0.2) is 30.3 Å².